The molecular weight excluding hydrogens is 194 g/mol. The number of hydrogen-bond donors (Lipinski definition) is 2. The first-order valence-electron chi connectivity index (χ1n) is 5.43. The molecule has 0 bridgehead atoms. The Labute approximate surface area is 90.8 Å². The van der Waals surface area contributed by atoms with Crippen molar-refractivity contribution in [1.82, 2.24) is 9.80 Å². The molecule has 15 heavy (non-hydrogen) atoms. The van der Waals surface area contributed by atoms with Crippen molar-refractivity contribution >= 4 is 5.97 Å². The van der Waals surface area contributed by atoms with Crippen molar-refractivity contribution in [3.8, 4) is 0 Å². The van der Waals surface area contributed by atoms with Crippen LogP contribution in [-0.4, -0.2) is 66.2 Å². The monoisotopic (exact) mass is 215 g/mol. The molecule has 1 fully saturated rings. The maximum absolute atomic E-state index is 10.8. The van der Waals surface area contributed by atoms with E-state index in [-0.39, 0.29) is 6.04 Å². The highest BCUT2D eigenvalue weighted by Gasteiger charge is 2.26. The number of carboxylic acids is 1. The fourth-order valence-corrected chi connectivity index (χ4v) is 1.91. The summed E-state index contributed by atoms with van der Waals surface area (Å²) in [5.41, 5.74) is 5.62. The summed E-state index contributed by atoms with van der Waals surface area (Å²) in [4.78, 5) is 15.2. The molecule has 0 aromatic heterocycles. The van der Waals surface area contributed by atoms with Gasteiger partial charge in [-0.1, -0.05) is 0 Å². The van der Waals surface area contributed by atoms with E-state index in [1.807, 2.05) is 6.92 Å². The Balaban J connectivity index is 2.51. The molecule has 1 heterocycles. The lowest BCUT2D eigenvalue weighted by Gasteiger charge is -2.29. The molecule has 0 aliphatic carbocycles. The van der Waals surface area contributed by atoms with Crippen molar-refractivity contribution in [2.45, 2.75) is 25.4 Å². The van der Waals surface area contributed by atoms with Crippen molar-refractivity contribution in [1.29, 1.82) is 0 Å². The van der Waals surface area contributed by atoms with Crippen molar-refractivity contribution in [3.63, 3.8) is 0 Å². The number of carbonyl (C=O) groups is 1. The summed E-state index contributed by atoms with van der Waals surface area (Å²) in [5.74, 6) is -0.917. The summed E-state index contributed by atoms with van der Waals surface area (Å²) in [7, 11) is 2.09. The van der Waals surface area contributed by atoms with Gasteiger partial charge in [-0.05, 0) is 33.5 Å². The van der Waals surface area contributed by atoms with Gasteiger partial charge >= 0.3 is 5.97 Å². The molecule has 0 spiro atoms. The van der Waals surface area contributed by atoms with Gasteiger partial charge in [-0.2, -0.15) is 0 Å². The third-order valence-corrected chi connectivity index (χ3v) is 3.13. The van der Waals surface area contributed by atoms with E-state index in [9.17, 15) is 4.79 Å². The van der Waals surface area contributed by atoms with Crippen molar-refractivity contribution in [2.24, 2.45) is 5.73 Å². The van der Waals surface area contributed by atoms with Crippen LogP contribution in [0.1, 0.15) is 13.3 Å². The van der Waals surface area contributed by atoms with Gasteiger partial charge in [0.05, 0.1) is 0 Å². The van der Waals surface area contributed by atoms with Crippen LogP contribution >= 0.6 is 0 Å². The average molecular weight is 215 g/mol. The second kappa shape index (κ2) is 5.44. The largest absolute Gasteiger partial charge is 0.480 e. The normalized spacial score (nSPS) is 24.5. The van der Waals surface area contributed by atoms with E-state index in [0.717, 1.165) is 32.6 Å². The van der Waals surface area contributed by atoms with Crippen molar-refractivity contribution in [2.75, 3.05) is 33.2 Å². The number of aliphatic carboxylic acids is 1. The molecule has 0 saturated carbocycles. The molecule has 0 radical (unpaired) electrons. The van der Waals surface area contributed by atoms with E-state index in [1.54, 1.807) is 0 Å². The minimum absolute atomic E-state index is 0.0889. The van der Waals surface area contributed by atoms with Crippen LogP contribution in [-0.2, 0) is 4.79 Å². The van der Waals surface area contributed by atoms with Crippen molar-refractivity contribution in [3.05, 3.63) is 0 Å². The van der Waals surface area contributed by atoms with Gasteiger partial charge < -0.3 is 15.7 Å². The van der Waals surface area contributed by atoms with E-state index in [2.05, 4.69) is 16.8 Å². The second-order valence-electron chi connectivity index (χ2n) is 4.30. The number of rotatable bonds is 3. The molecule has 1 aliphatic rings. The molecule has 2 unspecified atom stereocenters. The highest BCUT2D eigenvalue weighted by atomic mass is 16.4. The first-order valence-corrected chi connectivity index (χ1v) is 5.43. The van der Waals surface area contributed by atoms with E-state index >= 15 is 0 Å². The minimum atomic E-state index is -0.917. The number of likely N-dealkylation sites (N-methyl/N-ethyl adjacent to an activating group) is 1. The zero-order valence-corrected chi connectivity index (χ0v) is 9.52. The molecule has 1 aliphatic heterocycles. The smallest absolute Gasteiger partial charge is 0.322 e. The number of carboxylic acid groups (broad SMARTS) is 1. The number of nitrogens with zero attached hydrogens (tertiary/aromatic N) is 2. The van der Waals surface area contributed by atoms with Gasteiger partial charge in [-0.25, -0.2) is 0 Å². The standard InChI is InChI=1S/C10H21N3O2/c1-8(9(11)10(14)15)13-5-3-4-12(2)6-7-13/h8-9H,3-7,11H2,1-2H3,(H,14,15). The Kier molecular flexibility index (Phi) is 4.50. The Morgan fingerprint density at radius 3 is 2.60 bits per heavy atom. The first-order chi connectivity index (χ1) is 7.02. The van der Waals surface area contributed by atoms with Gasteiger partial charge in [-0.3, -0.25) is 9.69 Å². The van der Waals surface area contributed by atoms with E-state index in [1.165, 1.54) is 0 Å². The van der Waals surface area contributed by atoms with Gasteiger partial charge in [0, 0.05) is 19.1 Å². The van der Waals surface area contributed by atoms with Crippen LogP contribution in [0, 0.1) is 0 Å². The SMILES string of the molecule is CC(C(N)C(=O)O)N1CCCN(C)CC1. The summed E-state index contributed by atoms with van der Waals surface area (Å²) in [6, 6.07) is -0.873. The van der Waals surface area contributed by atoms with Gasteiger partial charge in [-0.15, -0.1) is 0 Å². The zero-order chi connectivity index (χ0) is 11.4. The Morgan fingerprint density at radius 1 is 1.33 bits per heavy atom. The van der Waals surface area contributed by atoms with Gasteiger partial charge in [0.2, 0.25) is 0 Å². The molecule has 88 valence electrons. The van der Waals surface area contributed by atoms with Crippen LogP contribution in [0.4, 0.5) is 0 Å². The van der Waals surface area contributed by atoms with Crippen LogP contribution in [0.5, 0.6) is 0 Å². The van der Waals surface area contributed by atoms with Gasteiger partial charge in [0.15, 0.2) is 0 Å². The van der Waals surface area contributed by atoms with Crippen LogP contribution in [0.2, 0.25) is 0 Å². The second-order valence-corrected chi connectivity index (χ2v) is 4.30. The predicted octanol–water partition coefficient (Wildman–Crippen LogP) is -0.576. The van der Waals surface area contributed by atoms with Crippen LogP contribution < -0.4 is 5.73 Å². The Hall–Kier alpha value is -0.650. The lowest BCUT2D eigenvalue weighted by atomic mass is 10.1. The quantitative estimate of drug-likeness (QED) is 0.659. The fourth-order valence-electron chi connectivity index (χ4n) is 1.91. The summed E-state index contributed by atoms with van der Waals surface area (Å²) < 4.78 is 0. The average Bonchev–Trinajstić information content (AvgIpc) is 2.40. The first kappa shape index (κ1) is 12.4. The molecule has 0 aromatic rings. The fraction of sp³-hybridized carbons (Fsp3) is 0.900. The predicted molar refractivity (Wildman–Crippen MR) is 58.8 cm³/mol. The summed E-state index contributed by atoms with van der Waals surface area (Å²) in [5, 5.41) is 8.84. The molecular formula is C10H21N3O2. The molecule has 5 heteroatoms. The maximum Gasteiger partial charge on any atom is 0.322 e. The third kappa shape index (κ3) is 3.44. The van der Waals surface area contributed by atoms with Crippen LogP contribution in [0.15, 0.2) is 0 Å². The Morgan fingerprint density at radius 2 is 2.00 bits per heavy atom. The van der Waals surface area contributed by atoms with Crippen LogP contribution in [0.25, 0.3) is 0 Å². The summed E-state index contributed by atoms with van der Waals surface area (Å²) >= 11 is 0. The minimum Gasteiger partial charge on any atom is -0.480 e. The lowest BCUT2D eigenvalue weighted by molar-refractivity contribution is -0.140. The highest BCUT2D eigenvalue weighted by molar-refractivity contribution is 5.74. The molecule has 1 rings (SSSR count). The lowest BCUT2D eigenvalue weighted by Crippen LogP contribution is -2.51. The molecule has 1 saturated heterocycles. The topological polar surface area (TPSA) is 69.8 Å². The number of hydrogen-bond acceptors (Lipinski definition) is 4. The van der Waals surface area contributed by atoms with Gasteiger partial charge in [0.25, 0.3) is 0 Å². The molecule has 0 amide bonds. The Bertz CT molecular complexity index is 223. The van der Waals surface area contributed by atoms with E-state index in [0.29, 0.717) is 0 Å². The maximum atomic E-state index is 10.8. The summed E-state index contributed by atoms with van der Waals surface area (Å²) in [6.07, 6.45) is 1.08. The molecule has 3 N–H and O–H groups in total. The van der Waals surface area contributed by atoms with E-state index in [4.69, 9.17) is 10.8 Å². The summed E-state index contributed by atoms with van der Waals surface area (Å²) in [6.45, 7) is 5.79. The number of nitrogens with two attached hydrogens (primary N) is 1. The van der Waals surface area contributed by atoms with Crippen molar-refractivity contribution < 1.29 is 9.90 Å². The molecule has 2 atom stereocenters. The van der Waals surface area contributed by atoms with E-state index < -0.39 is 12.0 Å². The molecule has 0 aromatic carbocycles. The molecule has 5 nitrogen and oxygen atoms in total. The zero-order valence-electron chi connectivity index (χ0n) is 9.52. The third-order valence-electron chi connectivity index (χ3n) is 3.13. The highest BCUT2D eigenvalue weighted by Crippen LogP contribution is 2.08. The van der Waals surface area contributed by atoms with Crippen LogP contribution in [0.3, 0.4) is 0 Å². The van der Waals surface area contributed by atoms with Gasteiger partial charge in [0.1, 0.15) is 6.04 Å².